The van der Waals surface area contributed by atoms with E-state index in [4.69, 9.17) is 9.63 Å². The van der Waals surface area contributed by atoms with Gasteiger partial charge in [0.1, 0.15) is 17.2 Å². The van der Waals surface area contributed by atoms with E-state index in [9.17, 15) is 8.42 Å². The molecule has 0 aliphatic rings. The van der Waals surface area contributed by atoms with E-state index < -0.39 is 10.0 Å². The van der Waals surface area contributed by atoms with Crippen molar-refractivity contribution in [2.45, 2.75) is 12.7 Å². The minimum absolute atomic E-state index is 0.0131. The summed E-state index contributed by atoms with van der Waals surface area (Å²) in [5.74, 6) is 0.335. The largest absolute Gasteiger partial charge is 0.395 e. The van der Waals surface area contributed by atoms with Crippen LogP contribution in [-0.4, -0.2) is 31.8 Å². The lowest BCUT2D eigenvalue weighted by molar-refractivity contribution is 0.301. The van der Waals surface area contributed by atoms with Crippen molar-refractivity contribution in [2.24, 2.45) is 0 Å². The number of hydrogen-bond donors (Lipinski definition) is 2. The summed E-state index contributed by atoms with van der Waals surface area (Å²) in [4.78, 5) is 0. The molecule has 7 heteroatoms. The maximum absolute atomic E-state index is 11.3. The number of nitrogens with one attached hydrogen (secondary N) is 1. The van der Waals surface area contributed by atoms with Crippen LogP contribution in [0.1, 0.15) is 11.5 Å². The molecule has 6 nitrogen and oxygen atoms in total. The van der Waals surface area contributed by atoms with Gasteiger partial charge in [-0.15, -0.1) is 0 Å². The SMILES string of the molecule is Cc1cc(CS(=O)(=O)NCCO)no1. The summed E-state index contributed by atoms with van der Waals surface area (Å²) in [6.45, 7) is 1.47. The molecule has 0 atom stereocenters. The monoisotopic (exact) mass is 220 g/mol. The highest BCUT2D eigenvalue weighted by atomic mass is 32.2. The molecule has 0 saturated heterocycles. The fourth-order valence-electron chi connectivity index (χ4n) is 0.933. The number of sulfonamides is 1. The smallest absolute Gasteiger partial charge is 0.217 e. The first kappa shape index (κ1) is 11.2. The summed E-state index contributed by atoms with van der Waals surface area (Å²) in [6.07, 6.45) is 0. The molecule has 14 heavy (non-hydrogen) atoms. The second-order valence-corrected chi connectivity index (χ2v) is 4.61. The van der Waals surface area contributed by atoms with Gasteiger partial charge in [0, 0.05) is 12.6 Å². The number of nitrogens with zero attached hydrogens (tertiary/aromatic N) is 1. The molecule has 0 aliphatic carbocycles. The molecular weight excluding hydrogens is 208 g/mol. The van der Waals surface area contributed by atoms with Crippen LogP contribution in [0.2, 0.25) is 0 Å². The molecule has 0 saturated carbocycles. The molecule has 0 bridgehead atoms. The minimum atomic E-state index is -3.42. The molecule has 1 heterocycles. The van der Waals surface area contributed by atoms with Crippen LogP contribution in [0.15, 0.2) is 10.6 Å². The number of aliphatic hydroxyl groups excluding tert-OH is 1. The summed E-state index contributed by atoms with van der Waals surface area (Å²) in [6, 6.07) is 1.55. The molecule has 0 fully saturated rings. The Morgan fingerprint density at radius 3 is 2.86 bits per heavy atom. The van der Waals surface area contributed by atoms with Gasteiger partial charge in [-0.3, -0.25) is 0 Å². The maximum atomic E-state index is 11.3. The Hall–Kier alpha value is -0.920. The second-order valence-electron chi connectivity index (χ2n) is 2.81. The number of hydrogen-bond acceptors (Lipinski definition) is 5. The third-order valence-electron chi connectivity index (χ3n) is 1.45. The summed E-state index contributed by atoms with van der Waals surface area (Å²) in [7, 11) is -3.42. The lowest BCUT2D eigenvalue weighted by atomic mass is 10.4. The zero-order valence-corrected chi connectivity index (χ0v) is 8.54. The van der Waals surface area contributed by atoms with E-state index in [1.165, 1.54) is 0 Å². The zero-order valence-electron chi connectivity index (χ0n) is 7.73. The number of rotatable bonds is 5. The van der Waals surface area contributed by atoms with Crippen molar-refractivity contribution < 1.29 is 18.0 Å². The van der Waals surface area contributed by atoms with Gasteiger partial charge < -0.3 is 9.63 Å². The van der Waals surface area contributed by atoms with Crippen molar-refractivity contribution in [1.29, 1.82) is 0 Å². The van der Waals surface area contributed by atoms with Gasteiger partial charge in [-0.1, -0.05) is 5.16 Å². The molecule has 0 unspecified atom stereocenters. The van der Waals surface area contributed by atoms with Gasteiger partial charge in [0.25, 0.3) is 0 Å². The highest BCUT2D eigenvalue weighted by molar-refractivity contribution is 7.88. The predicted molar refractivity (Wildman–Crippen MR) is 49.0 cm³/mol. The summed E-state index contributed by atoms with van der Waals surface area (Å²) >= 11 is 0. The third-order valence-corrected chi connectivity index (χ3v) is 2.77. The van der Waals surface area contributed by atoms with Crippen molar-refractivity contribution in [2.75, 3.05) is 13.2 Å². The highest BCUT2D eigenvalue weighted by Crippen LogP contribution is 2.05. The third kappa shape index (κ3) is 3.44. The van der Waals surface area contributed by atoms with Gasteiger partial charge in [-0.2, -0.15) is 0 Å². The Balaban J connectivity index is 2.59. The van der Waals surface area contributed by atoms with Crippen LogP contribution >= 0.6 is 0 Å². The first-order chi connectivity index (χ1) is 6.53. The summed E-state index contributed by atoms with van der Waals surface area (Å²) in [5.41, 5.74) is 0.355. The Morgan fingerprint density at radius 1 is 1.64 bits per heavy atom. The number of aliphatic hydroxyl groups is 1. The van der Waals surface area contributed by atoms with Crippen molar-refractivity contribution in [3.05, 3.63) is 17.5 Å². The van der Waals surface area contributed by atoms with Gasteiger partial charge in [-0.25, -0.2) is 13.1 Å². The van der Waals surface area contributed by atoms with E-state index in [1.54, 1.807) is 13.0 Å². The van der Waals surface area contributed by atoms with E-state index >= 15 is 0 Å². The van der Waals surface area contributed by atoms with Crippen LogP contribution in [-0.2, 0) is 15.8 Å². The molecule has 0 amide bonds. The Morgan fingerprint density at radius 2 is 2.36 bits per heavy atom. The average Bonchev–Trinajstić information content (AvgIpc) is 2.47. The first-order valence-electron chi connectivity index (χ1n) is 4.04. The van der Waals surface area contributed by atoms with Gasteiger partial charge in [0.15, 0.2) is 0 Å². The average molecular weight is 220 g/mol. The molecule has 1 aromatic heterocycles. The Labute approximate surface area is 82.0 Å². The van der Waals surface area contributed by atoms with Crippen LogP contribution < -0.4 is 4.72 Å². The number of aromatic nitrogens is 1. The molecule has 1 rings (SSSR count). The summed E-state index contributed by atoms with van der Waals surface area (Å²) < 4.78 is 29.5. The van der Waals surface area contributed by atoms with E-state index in [2.05, 4.69) is 9.88 Å². The normalized spacial score (nSPS) is 11.9. The first-order valence-corrected chi connectivity index (χ1v) is 5.69. The summed E-state index contributed by atoms with van der Waals surface area (Å²) in [5, 5.41) is 12.0. The second kappa shape index (κ2) is 4.54. The lowest BCUT2D eigenvalue weighted by Crippen LogP contribution is -2.27. The van der Waals surface area contributed by atoms with Crippen molar-refractivity contribution >= 4 is 10.0 Å². The van der Waals surface area contributed by atoms with E-state index in [-0.39, 0.29) is 18.9 Å². The Bertz CT molecular complexity index is 384. The van der Waals surface area contributed by atoms with Crippen LogP contribution in [0.5, 0.6) is 0 Å². The molecule has 80 valence electrons. The molecule has 0 spiro atoms. The van der Waals surface area contributed by atoms with E-state index in [1.807, 2.05) is 0 Å². The highest BCUT2D eigenvalue weighted by Gasteiger charge is 2.13. The van der Waals surface area contributed by atoms with E-state index in [0.29, 0.717) is 11.5 Å². The molecule has 1 aromatic rings. The van der Waals surface area contributed by atoms with Crippen molar-refractivity contribution in [3.63, 3.8) is 0 Å². The van der Waals surface area contributed by atoms with Crippen LogP contribution in [0.4, 0.5) is 0 Å². The van der Waals surface area contributed by atoms with Gasteiger partial charge >= 0.3 is 0 Å². The van der Waals surface area contributed by atoms with Crippen LogP contribution in [0.25, 0.3) is 0 Å². The minimum Gasteiger partial charge on any atom is -0.395 e. The predicted octanol–water partition coefficient (Wildman–Crippen LogP) is -0.605. The lowest BCUT2D eigenvalue weighted by Gasteiger charge is -2.01. The van der Waals surface area contributed by atoms with Gasteiger partial charge in [-0.05, 0) is 6.92 Å². The Kier molecular flexibility index (Phi) is 3.62. The standard InChI is InChI=1S/C7H12N2O4S/c1-6-4-7(9-13-6)5-14(11,12)8-2-3-10/h4,8,10H,2-3,5H2,1H3. The molecule has 2 N–H and O–H groups in total. The van der Waals surface area contributed by atoms with Crippen molar-refractivity contribution in [1.82, 2.24) is 9.88 Å². The molecular formula is C7H12N2O4S. The maximum Gasteiger partial charge on any atom is 0.217 e. The zero-order chi connectivity index (χ0) is 10.6. The molecule has 0 radical (unpaired) electrons. The van der Waals surface area contributed by atoms with Crippen molar-refractivity contribution in [3.8, 4) is 0 Å². The molecule has 0 aromatic carbocycles. The fraction of sp³-hybridized carbons (Fsp3) is 0.571. The van der Waals surface area contributed by atoms with Gasteiger partial charge in [0.05, 0.1) is 6.61 Å². The van der Waals surface area contributed by atoms with E-state index in [0.717, 1.165) is 0 Å². The molecule has 0 aliphatic heterocycles. The van der Waals surface area contributed by atoms with Crippen LogP contribution in [0.3, 0.4) is 0 Å². The van der Waals surface area contributed by atoms with Crippen LogP contribution in [0, 0.1) is 6.92 Å². The topological polar surface area (TPSA) is 92.4 Å². The quantitative estimate of drug-likeness (QED) is 0.691. The van der Waals surface area contributed by atoms with Gasteiger partial charge in [0.2, 0.25) is 10.0 Å². The number of aryl methyl sites for hydroxylation is 1. The fourth-order valence-corrected chi connectivity index (χ4v) is 1.96.